The number of nitrogens with zero attached hydrogens (tertiary/aromatic N) is 4. The van der Waals surface area contributed by atoms with E-state index in [-0.39, 0.29) is 17.1 Å². The van der Waals surface area contributed by atoms with Crippen LogP contribution in [0.25, 0.3) is 22.4 Å². The number of Topliss-reactive ketones (excluding diaryl/α,β-unsaturated/α-hetero) is 1. The van der Waals surface area contributed by atoms with Gasteiger partial charge in [0.2, 0.25) is 5.78 Å². The lowest BCUT2D eigenvalue weighted by Crippen LogP contribution is -2.22. The lowest BCUT2D eigenvalue weighted by molar-refractivity contribution is 0.102. The molecule has 0 radical (unpaired) electrons. The summed E-state index contributed by atoms with van der Waals surface area (Å²) >= 11 is 1.32. The van der Waals surface area contributed by atoms with E-state index < -0.39 is 0 Å². The smallest absolute Gasteiger partial charge is 0.267 e. The van der Waals surface area contributed by atoms with Crippen molar-refractivity contribution in [1.29, 1.82) is 0 Å². The normalized spacial score (nSPS) is 11.5. The zero-order valence-corrected chi connectivity index (χ0v) is 20.0. The highest BCUT2D eigenvalue weighted by Crippen LogP contribution is 2.25. The molecule has 0 unspecified atom stereocenters. The molecule has 0 N–H and O–H groups in total. The van der Waals surface area contributed by atoms with Crippen LogP contribution in [0.4, 0.5) is 0 Å². The average molecular weight is 469 g/mol. The standard InChI is InChI=1S/C27H24N4O2S/c1-17(2)19-12-14-20(15-13-19)24(32)16-34-27-29-28-26-30(22-10-6-4-8-18(22)3)25(33)21-9-5-7-11-23(21)31(26)27/h4-15,17H,16H2,1-3H3. The van der Waals surface area contributed by atoms with E-state index in [0.29, 0.717) is 33.3 Å². The van der Waals surface area contributed by atoms with Crippen LogP contribution < -0.4 is 5.56 Å². The summed E-state index contributed by atoms with van der Waals surface area (Å²) in [6.07, 6.45) is 0. The van der Waals surface area contributed by atoms with Crippen molar-refractivity contribution in [3.63, 3.8) is 0 Å². The Balaban J connectivity index is 1.58. The largest absolute Gasteiger partial charge is 0.293 e. The van der Waals surface area contributed by atoms with E-state index >= 15 is 0 Å². The third-order valence-electron chi connectivity index (χ3n) is 5.98. The second-order valence-electron chi connectivity index (χ2n) is 8.55. The highest BCUT2D eigenvalue weighted by molar-refractivity contribution is 7.99. The Morgan fingerprint density at radius 1 is 0.941 bits per heavy atom. The zero-order valence-electron chi connectivity index (χ0n) is 19.2. The molecule has 0 bridgehead atoms. The third-order valence-corrected chi connectivity index (χ3v) is 6.91. The number of hydrogen-bond acceptors (Lipinski definition) is 5. The molecule has 0 aliphatic rings. The Morgan fingerprint density at radius 3 is 2.38 bits per heavy atom. The maximum absolute atomic E-state index is 13.5. The molecule has 2 heterocycles. The molecule has 0 saturated heterocycles. The first-order chi connectivity index (χ1) is 16.5. The molecule has 0 saturated carbocycles. The molecule has 0 atom stereocenters. The van der Waals surface area contributed by atoms with Gasteiger partial charge in [0, 0.05) is 5.56 Å². The van der Waals surface area contributed by atoms with Gasteiger partial charge in [-0.1, -0.05) is 80.2 Å². The molecule has 0 aliphatic heterocycles. The van der Waals surface area contributed by atoms with Crippen molar-refractivity contribution in [2.45, 2.75) is 31.8 Å². The average Bonchev–Trinajstić information content (AvgIpc) is 3.27. The van der Waals surface area contributed by atoms with Crippen LogP contribution in [0.15, 0.2) is 82.7 Å². The van der Waals surface area contributed by atoms with Crippen LogP contribution >= 0.6 is 11.8 Å². The van der Waals surface area contributed by atoms with E-state index in [1.54, 1.807) is 4.57 Å². The van der Waals surface area contributed by atoms with Crippen molar-refractivity contribution >= 4 is 34.2 Å². The van der Waals surface area contributed by atoms with E-state index in [9.17, 15) is 9.59 Å². The summed E-state index contributed by atoms with van der Waals surface area (Å²) in [4.78, 5) is 26.3. The maximum atomic E-state index is 13.5. The summed E-state index contributed by atoms with van der Waals surface area (Å²) in [5, 5.41) is 9.88. The second kappa shape index (κ2) is 8.91. The molecule has 2 aromatic heterocycles. The van der Waals surface area contributed by atoms with Crippen molar-refractivity contribution in [3.8, 4) is 5.69 Å². The molecule has 3 aromatic carbocycles. The van der Waals surface area contributed by atoms with E-state index in [1.165, 1.54) is 17.3 Å². The quantitative estimate of drug-likeness (QED) is 0.245. The zero-order chi connectivity index (χ0) is 23.8. The summed E-state index contributed by atoms with van der Waals surface area (Å²) in [5.74, 6) is 1.09. The Kier molecular flexibility index (Phi) is 5.79. The third kappa shape index (κ3) is 3.82. The monoisotopic (exact) mass is 468 g/mol. The molecule has 34 heavy (non-hydrogen) atoms. The Labute approximate surface area is 201 Å². The molecule has 5 rings (SSSR count). The van der Waals surface area contributed by atoms with Gasteiger partial charge in [0.15, 0.2) is 10.9 Å². The highest BCUT2D eigenvalue weighted by atomic mass is 32.2. The highest BCUT2D eigenvalue weighted by Gasteiger charge is 2.19. The van der Waals surface area contributed by atoms with Gasteiger partial charge in [0.1, 0.15) is 0 Å². The van der Waals surface area contributed by atoms with E-state index in [4.69, 9.17) is 0 Å². The fourth-order valence-corrected chi connectivity index (χ4v) is 4.91. The van der Waals surface area contributed by atoms with Crippen LogP contribution in [0.3, 0.4) is 0 Å². The fourth-order valence-electron chi connectivity index (χ4n) is 4.07. The summed E-state index contributed by atoms with van der Waals surface area (Å²) in [7, 11) is 0. The molecule has 6 nitrogen and oxygen atoms in total. The van der Waals surface area contributed by atoms with Crippen LogP contribution in [-0.2, 0) is 0 Å². The summed E-state index contributed by atoms with van der Waals surface area (Å²) in [6.45, 7) is 6.22. The molecule has 0 amide bonds. The van der Waals surface area contributed by atoms with E-state index in [1.807, 2.05) is 84.1 Å². The van der Waals surface area contributed by atoms with Crippen LogP contribution in [0.2, 0.25) is 0 Å². The SMILES string of the molecule is Cc1ccccc1-n1c(=O)c2ccccc2n2c(SCC(=O)c3ccc(C(C)C)cc3)nnc12. The predicted molar refractivity (Wildman–Crippen MR) is 136 cm³/mol. The number of aryl methyl sites for hydroxylation is 1. The summed E-state index contributed by atoms with van der Waals surface area (Å²) in [5.41, 5.74) is 4.16. The number of rotatable bonds is 6. The van der Waals surface area contributed by atoms with Gasteiger partial charge in [-0.15, -0.1) is 10.2 Å². The topological polar surface area (TPSA) is 69.3 Å². The molecule has 0 spiro atoms. The van der Waals surface area contributed by atoms with Crippen molar-refractivity contribution in [3.05, 3.63) is 99.8 Å². The number of benzene rings is 3. The van der Waals surface area contributed by atoms with Crippen LogP contribution in [0, 0.1) is 6.92 Å². The number of carbonyl (C=O) groups is 1. The van der Waals surface area contributed by atoms with Gasteiger partial charge >= 0.3 is 0 Å². The van der Waals surface area contributed by atoms with Crippen LogP contribution in [0.5, 0.6) is 0 Å². The number of ketones is 1. The number of aromatic nitrogens is 4. The summed E-state index contributed by atoms with van der Waals surface area (Å²) < 4.78 is 3.46. The number of thioether (sulfide) groups is 1. The lowest BCUT2D eigenvalue weighted by atomic mass is 10.0. The first kappa shape index (κ1) is 22.1. The van der Waals surface area contributed by atoms with Gasteiger partial charge < -0.3 is 0 Å². The Bertz CT molecular complexity index is 1580. The first-order valence-corrected chi connectivity index (χ1v) is 12.1. The minimum absolute atomic E-state index is 0.0218. The minimum Gasteiger partial charge on any atom is -0.293 e. The molecule has 0 aliphatic carbocycles. The van der Waals surface area contributed by atoms with Crippen molar-refractivity contribution in [1.82, 2.24) is 19.2 Å². The number of hydrogen-bond donors (Lipinski definition) is 0. The van der Waals surface area contributed by atoms with Crippen LogP contribution in [-0.4, -0.2) is 30.7 Å². The maximum Gasteiger partial charge on any atom is 0.267 e. The molecule has 7 heteroatoms. The van der Waals surface area contributed by atoms with E-state index in [2.05, 4.69) is 24.0 Å². The van der Waals surface area contributed by atoms with Crippen molar-refractivity contribution in [2.75, 3.05) is 5.75 Å². The van der Waals surface area contributed by atoms with E-state index in [0.717, 1.165) is 11.3 Å². The minimum atomic E-state index is -0.150. The molecule has 0 fully saturated rings. The molecule has 170 valence electrons. The van der Waals surface area contributed by atoms with Crippen molar-refractivity contribution in [2.24, 2.45) is 0 Å². The number of para-hydroxylation sites is 2. The lowest BCUT2D eigenvalue weighted by Gasteiger charge is -2.13. The predicted octanol–water partition coefficient (Wildman–Crippen LogP) is 5.44. The van der Waals surface area contributed by atoms with Crippen LogP contribution in [0.1, 0.15) is 41.3 Å². The van der Waals surface area contributed by atoms with Gasteiger partial charge in [0.25, 0.3) is 5.56 Å². The van der Waals surface area contributed by atoms with Crippen molar-refractivity contribution < 1.29 is 4.79 Å². The summed E-state index contributed by atoms with van der Waals surface area (Å²) in [6, 6.07) is 22.9. The van der Waals surface area contributed by atoms with Gasteiger partial charge in [-0.25, -0.2) is 4.57 Å². The molecule has 5 aromatic rings. The van der Waals surface area contributed by atoms with Gasteiger partial charge in [-0.2, -0.15) is 0 Å². The Hall–Kier alpha value is -3.71. The first-order valence-electron chi connectivity index (χ1n) is 11.2. The fraction of sp³-hybridized carbons (Fsp3) is 0.185. The number of fused-ring (bicyclic) bond motifs is 3. The second-order valence-corrected chi connectivity index (χ2v) is 9.49. The van der Waals surface area contributed by atoms with Gasteiger partial charge in [0.05, 0.1) is 22.3 Å². The van der Waals surface area contributed by atoms with Gasteiger partial charge in [-0.3, -0.25) is 14.0 Å². The molecular weight excluding hydrogens is 444 g/mol. The number of carbonyl (C=O) groups excluding carboxylic acids is 1. The Morgan fingerprint density at radius 2 is 1.65 bits per heavy atom. The molecular formula is C27H24N4O2S. The van der Waals surface area contributed by atoms with Gasteiger partial charge in [-0.05, 0) is 42.2 Å².